The Morgan fingerprint density at radius 2 is 1.95 bits per heavy atom. The van der Waals surface area contributed by atoms with Crippen molar-refractivity contribution in [2.24, 2.45) is 7.05 Å². The molecule has 4 rings (SSSR count). The van der Waals surface area contributed by atoms with E-state index in [1.54, 1.807) is 7.11 Å². The van der Waals surface area contributed by atoms with E-state index >= 15 is 0 Å². The SMILES string of the molecule is COc1ccc2c3cc4cc(Cl)ccc4n(C)c-3nc2c1. The zero-order valence-corrected chi connectivity index (χ0v) is 12.5. The molecule has 0 aromatic heterocycles. The number of halogens is 1. The molecule has 2 aliphatic heterocycles. The molecule has 4 heteroatoms. The number of aryl methyl sites for hydroxylation is 1. The first-order valence-electron chi connectivity index (χ1n) is 6.70. The summed E-state index contributed by atoms with van der Waals surface area (Å²) in [7, 11) is 3.70. The number of ether oxygens (including phenoxy) is 1. The number of pyridine rings is 1. The van der Waals surface area contributed by atoms with Crippen molar-refractivity contribution in [1.29, 1.82) is 0 Å². The van der Waals surface area contributed by atoms with Crippen molar-refractivity contribution in [3.05, 3.63) is 47.5 Å². The van der Waals surface area contributed by atoms with Crippen LogP contribution < -0.4 is 4.74 Å². The Morgan fingerprint density at radius 3 is 2.76 bits per heavy atom. The molecule has 2 aromatic carbocycles. The number of rotatable bonds is 1. The van der Waals surface area contributed by atoms with E-state index < -0.39 is 0 Å². The number of aromatic nitrogens is 2. The Bertz CT molecular complexity index is 958. The molecular formula is C17H13ClN2O. The lowest BCUT2D eigenvalue weighted by molar-refractivity contribution is 0.415. The summed E-state index contributed by atoms with van der Waals surface area (Å²) in [5, 5.41) is 2.98. The molecule has 2 aliphatic rings. The van der Waals surface area contributed by atoms with E-state index in [2.05, 4.69) is 16.7 Å². The van der Waals surface area contributed by atoms with Gasteiger partial charge in [0.15, 0.2) is 0 Å². The lowest BCUT2D eigenvalue weighted by Crippen LogP contribution is -1.99. The zero-order chi connectivity index (χ0) is 14.6. The highest BCUT2D eigenvalue weighted by Crippen LogP contribution is 2.36. The van der Waals surface area contributed by atoms with Crippen LogP contribution in [0.25, 0.3) is 33.2 Å². The van der Waals surface area contributed by atoms with E-state index in [0.29, 0.717) is 0 Å². The number of nitrogens with zero attached hydrogens (tertiary/aromatic N) is 2. The molecular weight excluding hydrogens is 284 g/mol. The molecule has 104 valence electrons. The molecule has 0 bridgehead atoms. The van der Waals surface area contributed by atoms with Gasteiger partial charge >= 0.3 is 0 Å². The molecule has 0 radical (unpaired) electrons. The van der Waals surface area contributed by atoms with Crippen LogP contribution in [0.2, 0.25) is 5.02 Å². The quantitative estimate of drug-likeness (QED) is 0.517. The third-order valence-electron chi connectivity index (χ3n) is 3.93. The van der Waals surface area contributed by atoms with Crippen molar-refractivity contribution >= 4 is 33.4 Å². The third-order valence-corrected chi connectivity index (χ3v) is 4.17. The number of hydrogen-bond acceptors (Lipinski definition) is 2. The Labute approximate surface area is 127 Å². The highest BCUT2D eigenvalue weighted by Gasteiger charge is 2.16. The van der Waals surface area contributed by atoms with Crippen LogP contribution in [0.5, 0.6) is 5.75 Å². The monoisotopic (exact) mass is 296 g/mol. The van der Waals surface area contributed by atoms with Gasteiger partial charge in [-0.1, -0.05) is 11.6 Å². The second-order valence-electron chi connectivity index (χ2n) is 5.14. The lowest BCUT2D eigenvalue weighted by Gasteiger charge is -2.11. The predicted octanol–water partition coefficient (Wildman–Crippen LogP) is 4.49. The van der Waals surface area contributed by atoms with Crippen LogP contribution in [0.3, 0.4) is 0 Å². The van der Waals surface area contributed by atoms with Crippen LogP contribution in [0.4, 0.5) is 0 Å². The fraction of sp³-hybridized carbons (Fsp3) is 0.118. The maximum Gasteiger partial charge on any atom is 0.141 e. The third kappa shape index (κ3) is 1.78. The molecule has 2 aromatic rings. The Kier molecular flexibility index (Phi) is 2.59. The minimum atomic E-state index is 0.743. The summed E-state index contributed by atoms with van der Waals surface area (Å²) in [6, 6.07) is 14.0. The number of hydrogen-bond donors (Lipinski definition) is 0. The summed E-state index contributed by atoms with van der Waals surface area (Å²) >= 11 is 6.11. The maximum atomic E-state index is 6.11. The van der Waals surface area contributed by atoms with Crippen molar-refractivity contribution in [2.75, 3.05) is 7.11 Å². The molecule has 0 spiro atoms. The van der Waals surface area contributed by atoms with Gasteiger partial charge in [0.1, 0.15) is 11.6 Å². The van der Waals surface area contributed by atoms with Crippen molar-refractivity contribution in [1.82, 2.24) is 9.55 Å². The first kappa shape index (κ1) is 12.5. The number of fused-ring (bicyclic) bond motifs is 4. The minimum Gasteiger partial charge on any atom is -0.497 e. The van der Waals surface area contributed by atoms with Gasteiger partial charge in [-0.3, -0.25) is 0 Å². The van der Waals surface area contributed by atoms with Crippen molar-refractivity contribution in [3.8, 4) is 17.1 Å². The van der Waals surface area contributed by atoms with Crippen molar-refractivity contribution < 1.29 is 4.74 Å². The van der Waals surface area contributed by atoms with E-state index in [1.807, 2.05) is 37.4 Å². The van der Waals surface area contributed by atoms with Gasteiger partial charge in [-0.2, -0.15) is 0 Å². The van der Waals surface area contributed by atoms with Gasteiger partial charge in [0.25, 0.3) is 0 Å². The molecule has 21 heavy (non-hydrogen) atoms. The fourth-order valence-electron chi connectivity index (χ4n) is 2.87. The normalized spacial score (nSPS) is 11.6. The molecule has 0 saturated carbocycles. The molecule has 0 fully saturated rings. The molecule has 0 amide bonds. The van der Waals surface area contributed by atoms with E-state index in [9.17, 15) is 0 Å². The molecule has 0 N–H and O–H groups in total. The average Bonchev–Trinajstić information content (AvgIpc) is 2.85. The number of methoxy groups -OCH3 is 1. The highest BCUT2D eigenvalue weighted by atomic mass is 35.5. The molecule has 2 heterocycles. The fourth-order valence-corrected chi connectivity index (χ4v) is 3.05. The molecule has 0 unspecified atom stereocenters. The second-order valence-corrected chi connectivity index (χ2v) is 5.58. The van der Waals surface area contributed by atoms with Gasteiger partial charge in [-0.05, 0) is 36.4 Å². The van der Waals surface area contributed by atoms with Crippen LogP contribution in [0, 0.1) is 0 Å². The topological polar surface area (TPSA) is 27.1 Å². The Morgan fingerprint density at radius 1 is 1.10 bits per heavy atom. The van der Waals surface area contributed by atoms with Crippen LogP contribution in [0.15, 0.2) is 42.5 Å². The maximum absolute atomic E-state index is 6.11. The highest BCUT2D eigenvalue weighted by molar-refractivity contribution is 6.31. The molecule has 0 saturated heterocycles. The van der Waals surface area contributed by atoms with E-state index in [4.69, 9.17) is 21.3 Å². The van der Waals surface area contributed by atoms with Crippen molar-refractivity contribution in [3.63, 3.8) is 0 Å². The van der Waals surface area contributed by atoms with Gasteiger partial charge in [-0.15, -0.1) is 0 Å². The van der Waals surface area contributed by atoms with Crippen LogP contribution in [-0.4, -0.2) is 16.7 Å². The van der Waals surface area contributed by atoms with Crippen LogP contribution >= 0.6 is 11.6 Å². The summed E-state index contributed by atoms with van der Waals surface area (Å²) < 4.78 is 7.38. The summed E-state index contributed by atoms with van der Waals surface area (Å²) in [5.74, 6) is 1.79. The number of benzene rings is 2. The van der Waals surface area contributed by atoms with Gasteiger partial charge in [0.2, 0.25) is 0 Å². The first-order chi connectivity index (χ1) is 10.2. The standard InChI is InChI=1S/C17H13ClN2O/c1-20-16-6-3-11(18)7-10(16)8-14-13-5-4-12(21-2)9-15(13)19-17(14)20/h3-9H,1-2H3. The van der Waals surface area contributed by atoms with E-state index in [0.717, 1.165) is 44.0 Å². The Hall–Kier alpha value is -2.26. The van der Waals surface area contributed by atoms with Crippen molar-refractivity contribution in [2.45, 2.75) is 0 Å². The first-order valence-corrected chi connectivity index (χ1v) is 7.07. The zero-order valence-electron chi connectivity index (χ0n) is 11.7. The van der Waals surface area contributed by atoms with Crippen LogP contribution in [-0.2, 0) is 7.05 Å². The predicted molar refractivity (Wildman–Crippen MR) is 86.4 cm³/mol. The largest absolute Gasteiger partial charge is 0.497 e. The second kappa shape index (κ2) is 4.37. The van der Waals surface area contributed by atoms with Gasteiger partial charge < -0.3 is 9.30 Å². The molecule has 3 nitrogen and oxygen atoms in total. The summed E-state index contributed by atoms with van der Waals surface area (Å²) in [6.45, 7) is 0. The molecule has 0 atom stereocenters. The summed E-state index contributed by atoms with van der Waals surface area (Å²) in [4.78, 5) is 4.75. The van der Waals surface area contributed by atoms with E-state index in [1.165, 1.54) is 0 Å². The van der Waals surface area contributed by atoms with Crippen LogP contribution in [0.1, 0.15) is 0 Å². The minimum absolute atomic E-state index is 0.743. The van der Waals surface area contributed by atoms with Gasteiger partial charge in [0.05, 0.1) is 12.6 Å². The van der Waals surface area contributed by atoms with Gasteiger partial charge in [-0.25, -0.2) is 4.98 Å². The summed E-state index contributed by atoms with van der Waals surface area (Å²) in [5.41, 5.74) is 3.19. The average molecular weight is 297 g/mol. The summed E-state index contributed by atoms with van der Waals surface area (Å²) in [6.07, 6.45) is 0. The lowest BCUT2D eigenvalue weighted by atomic mass is 10.1. The Balaban J connectivity index is 2.16. The molecule has 0 aliphatic carbocycles. The van der Waals surface area contributed by atoms with Gasteiger partial charge in [0, 0.05) is 40.0 Å². The van der Waals surface area contributed by atoms with E-state index in [-0.39, 0.29) is 0 Å². The smallest absolute Gasteiger partial charge is 0.141 e.